The summed E-state index contributed by atoms with van der Waals surface area (Å²) in [6.07, 6.45) is 0. The molecule has 1 atom stereocenters. The van der Waals surface area contributed by atoms with Crippen LogP contribution in [0.25, 0.3) is 0 Å². The normalized spacial score (nSPS) is 15.3. The molecule has 0 aliphatic heterocycles. The lowest BCUT2D eigenvalue weighted by molar-refractivity contribution is 0.210. The average Bonchev–Trinajstić information content (AvgIpc) is 2.09. The van der Waals surface area contributed by atoms with Crippen LogP contribution in [0.2, 0.25) is 0 Å². The molecular formula is C9H15N3O. The largest absolute Gasteiger partial charge is 0.399 e. The van der Waals surface area contributed by atoms with Crippen molar-refractivity contribution in [2.75, 3.05) is 18.1 Å². The molecule has 4 heteroatoms. The van der Waals surface area contributed by atoms with E-state index in [4.69, 9.17) is 22.3 Å². The number of anilines is 2. The lowest BCUT2D eigenvalue weighted by atomic mass is 9.92. The molecule has 0 saturated carbocycles. The van der Waals surface area contributed by atoms with Gasteiger partial charge in [-0.1, -0.05) is 0 Å². The molecule has 1 rings (SSSR count). The predicted molar refractivity (Wildman–Crippen MR) is 53.9 cm³/mol. The van der Waals surface area contributed by atoms with Gasteiger partial charge >= 0.3 is 0 Å². The van der Waals surface area contributed by atoms with Gasteiger partial charge in [0.1, 0.15) is 0 Å². The molecule has 7 N–H and O–H groups in total. The second-order valence-corrected chi connectivity index (χ2v) is 3.42. The van der Waals surface area contributed by atoms with Gasteiger partial charge in [-0.25, -0.2) is 0 Å². The molecule has 1 aromatic carbocycles. The maximum Gasteiger partial charge on any atom is 0.0651 e. The van der Waals surface area contributed by atoms with Crippen molar-refractivity contribution in [1.29, 1.82) is 0 Å². The minimum absolute atomic E-state index is 0.166. The lowest BCUT2D eigenvalue weighted by Crippen LogP contribution is -2.37. The Labute approximate surface area is 77.3 Å². The van der Waals surface area contributed by atoms with Crippen molar-refractivity contribution in [2.24, 2.45) is 5.73 Å². The Bertz CT molecular complexity index is 310. The zero-order valence-corrected chi connectivity index (χ0v) is 7.62. The number of aliphatic hydroxyl groups excluding tert-OH is 1. The van der Waals surface area contributed by atoms with Crippen molar-refractivity contribution >= 4 is 11.4 Å². The molecule has 0 bridgehead atoms. The van der Waals surface area contributed by atoms with Crippen molar-refractivity contribution in [3.63, 3.8) is 0 Å². The number of rotatable bonds is 2. The summed E-state index contributed by atoms with van der Waals surface area (Å²) >= 11 is 0. The predicted octanol–water partition coefficient (Wildman–Crippen LogP) is 0.0172. The first-order valence-electron chi connectivity index (χ1n) is 4.02. The van der Waals surface area contributed by atoms with E-state index in [9.17, 15) is 0 Å². The number of nitrogens with two attached hydrogens (primary N) is 3. The molecular weight excluding hydrogens is 166 g/mol. The Kier molecular flexibility index (Phi) is 2.45. The van der Waals surface area contributed by atoms with E-state index < -0.39 is 5.54 Å². The van der Waals surface area contributed by atoms with Gasteiger partial charge in [-0.05, 0) is 30.7 Å². The van der Waals surface area contributed by atoms with Crippen molar-refractivity contribution in [1.82, 2.24) is 0 Å². The fourth-order valence-electron chi connectivity index (χ4n) is 1.15. The van der Waals surface area contributed by atoms with Gasteiger partial charge in [-0.3, -0.25) is 0 Å². The number of benzene rings is 1. The van der Waals surface area contributed by atoms with Gasteiger partial charge in [0.2, 0.25) is 0 Å². The summed E-state index contributed by atoms with van der Waals surface area (Å²) in [5, 5.41) is 9.04. The Balaban J connectivity index is 3.20. The fourth-order valence-corrected chi connectivity index (χ4v) is 1.15. The maximum absolute atomic E-state index is 9.04. The molecule has 0 amide bonds. The molecule has 0 spiro atoms. The van der Waals surface area contributed by atoms with Crippen LogP contribution >= 0.6 is 0 Å². The van der Waals surface area contributed by atoms with Crippen LogP contribution in [-0.2, 0) is 5.54 Å². The molecule has 0 saturated heterocycles. The molecule has 0 aliphatic rings. The Hall–Kier alpha value is -1.26. The molecule has 4 nitrogen and oxygen atoms in total. The standard InChI is InChI=1S/C9H15N3O/c1-9(12,5-13)7-4-6(10)2-3-8(7)11/h2-4,13H,5,10-12H2,1H3. The Morgan fingerprint density at radius 2 is 2.00 bits per heavy atom. The van der Waals surface area contributed by atoms with E-state index in [0.29, 0.717) is 16.9 Å². The summed E-state index contributed by atoms with van der Waals surface area (Å²) in [6.45, 7) is 1.54. The summed E-state index contributed by atoms with van der Waals surface area (Å²) in [5.41, 5.74) is 18.1. The first-order chi connectivity index (χ1) is 5.97. The van der Waals surface area contributed by atoms with Crippen LogP contribution in [0.15, 0.2) is 18.2 Å². The van der Waals surface area contributed by atoms with Gasteiger partial charge < -0.3 is 22.3 Å². The number of nitrogen functional groups attached to an aromatic ring is 2. The van der Waals surface area contributed by atoms with E-state index in [1.54, 1.807) is 25.1 Å². The quantitative estimate of drug-likeness (QED) is 0.483. The van der Waals surface area contributed by atoms with Crippen molar-refractivity contribution < 1.29 is 5.11 Å². The Morgan fingerprint density at radius 1 is 1.38 bits per heavy atom. The summed E-state index contributed by atoms with van der Waals surface area (Å²) in [6, 6.07) is 5.07. The van der Waals surface area contributed by atoms with Crippen LogP contribution < -0.4 is 17.2 Å². The van der Waals surface area contributed by atoms with Gasteiger partial charge in [-0.2, -0.15) is 0 Å². The maximum atomic E-state index is 9.04. The van der Waals surface area contributed by atoms with Crippen LogP contribution in [0, 0.1) is 0 Å². The Morgan fingerprint density at radius 3 is 2.54 bits per heavy atom. The topological polar surface area (TPSA) is 98.3 Å². The van der Waals surface area contributed by atoms with Crippen LogP contribution in [0.3, 0.4) is 0 Å². The monoisotopic (exact) mass is 181 g/mol. The van der Waals surface area contributed by atoms with Crippen molar-refractivity contribution in [2.45, 2.75) is 12.5 Å². The van der Waals surface area contributed by atoms with Crippen LogP contribution in [-0.4, -0.2) is 11.7 Å². The number of hydrogen-bond donors (Lipinski definition) is 4. The van der Waals surface area contributed by atoms with E-state index in [-0.39, 0.29) is 6.61 Å². The molecule has 0 fully saturated rings. The summed E-state index contributed by atoms with van der Waals surface area (Å²) < 4.78 is 0. The second-order valence-electron chi connectivity index (χ2n) is 3.42. The third-order valence-corrected chi connectivity index (χ3v) is 2.02. The van der Waals surface area contributed by atoms with E-state index >= 15 is 0 Å². The van der Waals surface area contributed by atoms with Crippen molar-refractivity contribution in [3.05, 3.63) is 23.8 Å². The van der Waals surface area contributed by atoms with E-state index in [1.807, 2.05) is 0 Å². The van der Waals surface area contributed by atoms with Crippen LogP contribution in [0.5, 0.6) is 0 Å². The lowest BCUT2D eigenvalue weighted by Gasteiger charge is -2.24. The molecule has 0 radical (unpaired) electrons. The van der Waals surface area contributed by atoms with E-state index in [0.717, 1.165) is 0 Å². The highest BCUT2D eigenvalue weighted by Crippen LogP contribution is 2.25. The highest BCUT2D eigenvalue weighted by atomic mass is 16.3. The summed E-state index contributed by atoms with van der Waals surface area (Å²) in [7, 11) is 0. The van der Waals surface area contributed by atoms with Crippen molar-refractivity contribution in [3.8, 4) is 0 Å². The van der Waals surface area contributed by atoms with Crippen LogP contribution in [0.1, 0.15) is 12.5 Å². The van der Waals surface area contributed by atoms with Gasteiger partial charge in [0.25, 0.3) is 0 Å². The summed E-state index contributed by atoms with van der Waals surface area (Å²) in [5.74, 6) is 0. The molecule has 0 aromatic heterocycles. The smallest absolute Gasteiger partial charge is 0.0651 e. The second kappa shape index (κ2) is 3.24. The highest BCUT2D eigenvalue weighted by Gasteiger charge is 2.22. The zero-order valence-electron chi connectivity index (χ0n) is 7.62. The molecule has 0 aliphatic carbocycles. The van der Waals surface area contributed by atoms with Gasteiger partial charge in [-0.15, -0.1) is 0 Å². The average molecular weight is 181 g/mol. The third-order valence-electron chi connectivity index (χ3n) is 2.02. The first kappa shape index (κ1) is 9.83. The van der Waals surface area contributed by atoms with Gasteiger partial charge in [0.15, 0.2) is 0 Å². The first-order valence-corrected chi connectivity index (χ1v) is 4.02. The van der Waals surface area contributed by atoms with E-state index in [1.165, 1.54) is 0 Å². The zero-order chi connectivity index (χ0) is 10.1. The molecule has 72 valence electrons. The number of hydrogen-bond acceptors (Lipinski definition) is 4. The highest BCUT2D eigenvalue weighted by molar-refractivity contribution is 5.57. The van der Waals surface area contributed by atoms with Gasteiger partial charge in [0, 0.05) is 11.4 Å². The SMILES string of the molecule is CC(N)(CO)c1cc(N)ccc1N. The fraction of sp³-hybridized carbons (Fsp3) is 0.333. The molecule has 13 heavy (non-hydrogen) atoms. The third kappa shape index (κ3) is 1.91. The molecule has 1 unspecified atom stereocenters. The minimum Gasteiger partial charge on any atom is -0.399 e. The van der Waals surface area contributed by atoms with Crippen LogP contribution in [0.4, 0.5) is 11.4 Å². The molecule has 0 heterocycles. The van der Waals surface area contributed by atoms with Gasteiger partial charge in [0.05, 0.1) is 12.1 Å². The number of aliphatic hydroxyl groups is 1. The summed E-state index contributed by atoms with van der Waals surface area (Å²) in [4.78, 5) is 0. The minimum atomic E-state index is -0.834. The van der Waals surface area contributed by atoms with E-state index in [2.05, 4.69) is 0 Å². The molecule has 1 aromatic rings.